The van der Waals surface area contributed by atoms with Crippen molar-refractivity contribution in [1.29, 1.82) is 0 Å². The number of fused-ring (bicyclic) bond motifs is 12. The molecule has 0 radical (unpaired) electrons. The van der Waals surface area contributed by atoms with Gasteiger partial charge in [-0.15, -0.1) is 0 Å². The van der Waals surface area contributed by atoms with Gasteiger partial charge in [0.15, 0.2) is 0 Å². The predicted molar refractivity (Wildman–Crippen MR) is 190 cm³/mol. The summed E-state index contributed by atoms with van der Waals surface area (Å²) in [6, 6.07) is 53.8. The Morgan fingerprint density at radius 3 is 1.84 bits per heavy atom. The molecule has 2 nitrogen and oxygen atoms in total. The van der Waals surface area contributed by atoms with E-state index in [-0.39, 0.29) is 5.41 Å². The second kappa shape index (κ2) is 8.74. The van der Waals surface area contributed by atoms with Crippen molar-refractivity contribution in [2.45, 2.75) is 19.3 Å². The van der Waals surface area contributed by atoms with Crippen molar-refractivity contribution >= 4 is 54.4 Å². The van der Waals surface area contributed by atoms with Crippen molar-refractivity contribution in [3.05, 3.63) is 157 Å². The highest BCUT2D eigenvalue weighted by atomic mass is 15.0. The molecule has 0 saturated heterocycles. The van der Waals surface area contributed by atoms with E-state index >= 15 is 0 Å². The van der Waals surface area contributed by atoms with E-state index in [2.05, 4.69) is 169 Å². The zero-order valence-electron chi connectivity index (χ0n) is 25.3. The summed E-state index contributed by atoms with van der Waals surface area (Å²) in [7, 11) is 0. The van der Waals surface area contributed by atoms with Crippen LogP contribution >= 0.6 is 0 Å². The molecule has 0 saturated carbocycles. The lowest BCUT2D eigenvalue weighted by Gasteiger charge is -2.21. The smallest absolute Gasteiger partial charge is 0.0549 e. The number of rotatable bonds is 2. The first kappa shape index (κ1) is 24.8. The maximum absolute atomic E-state index is 2.48. The molecule has 0 fully saturated rings. The zero-order chi connectivity index (χ0) is 29.9. The fourth-order valence-electron chi connectivity index (χ4n) is 8.31. The van der Waals surface area contributed by atoms with Gasteiger partial charge in [-0.3, -0.25) is 0 Å². The Kier molecular flexibility index (Phi) is 4.82. The molecule has 1 aliphatic carbocycles. The van der Waals surface area contributed by atoms with Crippen molar-refractivity contribution in [3.63, 3.8) is 0 Å². The van der Waals surface area contributed by atoms with Crippen LogP contribution in [0.1, 0.15) is 25.0 Å². The van der Waals surface area contributed by atoms with E-state index in [4.69, 9.17) is 0 Å². The van der Waals surface area contributed by atoms with Gasteiger partial charge in [0.1, 0.15) is 0 Å². The fraction of sp³-hybridized carbons (Fsp3) is 0.0698. The summed E-state index contributed by atoms with van der Waals surface area (Å²) in [5, 5.41) is 7.75. The van der Waals surface area contributed by atoms with E-state index in [1.165, 1.54) is 88.0 Å². The third kappa shape index (κ3) is 3.18. The molecule has 7 aromatic carbocycles. The van der Waals surface area contributed by atoms with Crippen LogP contribution in [-0.2, 0) is 5.41 Å². The molecule has 9 aromatic rings. The molecule has 0 spiro atoms. The second-order valence-electron chi connectivity index (χ2n) is 13.0. The van der Waals surface area contributed by atoms with E-state index in [1.54, 1.807) is 0 Å². The fourth-order valence-corrected chi connectivity index (χ4v) is 8.31. The molecule has 0 atom stereocenters. The van der Waals surface area contributed by atoms with Crippen LogP contribution in [0.5, 0.6) is 0 Å². The Bertz CT molecular complexity index is 2670. The van der Waals surface area contributed by atoms with Gasteiger partial charge in [-0.2, -0.15) is 0 Å². The van der Waals surface area contributed by atoms with E-state index in [9.17, 15) is 0 Å². The molecule has 0 bridgehead atoms. The molecule has 0 unspecified atom stereocenters. The van der Waals surface area contributed by atoms with E-state index in [1.807, 2.05) is 0 Å². The first-order valence-corrected chi connectivity index (χ1v) is 15.8. The molecule has 2 aromatic heterocycles. The minimum Gasteiger partial charge on any atom is -0.309 e. The predicted octanol–water partition coefficient (Wildman–Crippen LogP) is 11.3. The minimum atomic E-state index is -0.0161. The maximum Gasteiger partial charge on any atom is 0.0549 e. The lowest BCUT2D eigenvalue weighted by atomic mass is 9.82. The Morgan fingerprint density at radius 2 is 1.00 bits per heavy atom. The van der Waals surface area contributed by atoms with Gasteiger partial charge in [-0.05, 0) is 81.6 Å². The van der Waals surface area contributed by atoms with Gasteiger partial charge in [-0.25, -0.2) is 0 Å². The van der Waals surface area contributed by atoms with Crippen molar-refractivity contribution in [3.8, 4) is 22.5 Å². The van der Waals surface area contributed by atoms with Crippen molar-refractivity contribution in [2.24, 2.45) is 0 Å². The Morgan fingerprint density at radius 1 is 0.400 bits per heavy atom. The molecule has 10 rings (SSSR count). The monoisotopic (exact) mass is 574 g/mol. The number of hydrogen-bond donors (Lipinski definition) is 0. The minimum absolute atomic E-state index is 0.0161. The van der Waals surface area contributed by atoms with Crippen LogP contribution in [0.3, 0.4) is 0 Å². The average Bonchev–Trinajstić information content (AvgIpc) is 3.68. The highest BCUT2D eigenvalue weighted by Crippen LogP contribution is 2.50. The molecular weight excluding hydrogens is 544 g/mol. The third-order valence-electron chi connectivity index (χ3n) is 10.3. The van der Waals surface area contributed by atoms with E-state index in [0.717, 1.165) is 0 Å². The van der Waals surface area contributed by atoms with Gasteiger partial charge in [0.25, 0.3) is 0 Å². The van der Waals surface area contributed by atoms with Gasteiger partial charge in [0, 0.05) is 38.3 Å². The molecule has 0 aliphatic heterocycles. The Hall–Kier alpha value is -5.60. The van der Waals surface area contributed by atoms with Crippen molar-refractivity contribution in [2.75, 3.05) is 0 Å². The van der Waals surface area contributed by atoms with Crippen molar-refractivity contribution < 1.29 is 0 Å². The first-order chi connectivity index (χ1) is 22.1. The standard InChI is InChI=1S/C43H30N2/c1-43(2)34-18-10-8-16-31(34)33-26-29(21-22-35(33)43)45-36-19-11-9-17-32(36)41-38(45)24-25-39-42(41)40-30-15-7-6-12-27(30)20-23-37(40)44(39)28-13-4-3-5-14-28/h3-26H,1-2H3. The lowest BCUT2D eigenvalue weighted by molar-refractivity contribution is 0.660. The molecule has 1 aliphatic rings. The van der Waals surface area contributed by atoms with Gasteiger partial charge in [0.2, 0.25) is 0 Å². The number of benzene rings is 7. The van der Waals surface area contributed by atoms with Crippen LogP contribution < -0.4 is 0 Å². The highest BCUT2D eigenvalue weighted by Gasteiger charge is 2.35. The lowest BCUT2D eigenvalue weighted by Crippen LogP contribution is -2.14. The van der Waals surface area contributed by atoms with Crippen LogP contribution in [0.25, 0.3) is 76.9 Å². The van der Waals surface area contributed by atoms with E-state index < -0.39 is 0 Å². The summed E-state index contributed by atoms with van der Waals surface area (Å²) < 4.78 is 4.92. The van der Waals surface area contributed by atoms with Crippen LogP contribution in [0.15, 0.2) is 146 Å². The highest BCUT2D eigenvalue weighted by molar-refractivity contribution is 6.33. The number of nitrogens with zero attached hydrogens (tertiary/aromatic N) is 2. The number of aromatic nitrogens is 2. The SMILES string of the molecule is CC1(C)c2ccccc2-c2cc(-n3c4ccccc4c4c5c6c7ccccc7ccc6n(-c6ccccc6)c5ccc43)ccc21. The third-order valence-corrected chi connectivity index (χ3v) is 10.3. The largest absolute Gasteiger partial charge is 0.309 e. The number of hydrogen-bond acceptors (Lipinski definition) is 0. The summed E-state index contributed by atoms with van der Waals surface area (Å²) >= 11 is 0. The number of para-hydroxylation sites is 2. The van der Waals surface area contributed by atoms with Gasteiger partial charge < -0.3 is 9.13 Å². The molecule has 2 heteroatoms. The summed E-state index contributed by atoms with van der Waals surface area (Å²) in [6.07, 6.45) is 0. The quantitative estimate of drug-likeness (QED) is 0.194. The first-order valence-electron chi connectivity index (χ1n) is 15.8. The van der Waals surface area contributed by atoms with Crippen LogP contribution in [0.4, 0.5) is 0 Å². The van der Waals surface area contributed by atoms with E-state index in [0.29, 0.717) is 0 Å². The molecule has 0 amide bonds. The zero-order valence-corrected chi connectivity index (χ0v) is 25.3. The Labute approximate surface area is 261 Å². The van der Waals surface area contributed by atoms with Gasteiger partial charge in [0.05, 0.1) is 22.1 Å². The molecule has 2 heterocycles. The average molecular weight is 575 g/mol. The molecular formula is C43H30N2. The molecule has 45 heavy (non-hydrogen) atoms. The molecule has 0 N–H and O–H groups in total. The van der Waals surface area contributed by atoms with Gasteiger partial charge in [-0.1, -0.05) is 111 Å². The topological polar surface area (TPSA) is 9.86 Å². The Balaban J connectivity index is 1.37. The van der Waals surface area contributed by atoms with Gasteiger partial charge >= 0.3 is 0 Å². The maximum atomic E-state index is 2.48. The van der Waals surface area contributed by atoms with Crippen LogP contribution in [0, 0.1) is 0 Å². The van der Waals surface area contributed by atoms with Crippen LogP contribution in [0.2, 0.25) is 0 Å². The van der Waals surface area contributed by atoms with Crippen molar-refractivity contribution in [1.82, 2.24) is 9.13 Å². The summed E-state index contributed by atoms with van der Waals surface area (Å²) in [4.78, 5) is 0. The van der Waals surface area contributed by atoms with Crippen LogP contribution in [-0.4, -0.2) is 9.13 Å². The molecule has 212 valence electrons. The summed E-state index contributed by atoms with van der Waals surface area (Å²) in [6.45, 7) is 4.70. The normalized spacial score (nSPS) is 13.7. The summed E-state index contributed by atoms with van der Waals surface area (Å²) in [5.74, 6) is 0. The second-order valence-corrected chi connectivity index (χ2v) is 13.0. The summed E-state index contributed by atoms with van der Waals surface area (Å²) in [5.41, 5.74) is 12.8.